The maximum absolute atomic E-state index is 13.9. The fourth-order valence-electron chi connectivity index (χ4n) is 2.80. The molecule has 2 aliphatic rings. The maximum atomic E-state index is 13.9. The number of pyridine rings is 1. The van der Waals surface area contributed by atoms with E-state index in [1.807, 2.05) is 0 Å². The SMILES string of the molecule is O=C(c1ccncc1)N1CC(F)(F)C[C@H]1c1nc(C2CC2)no1. The third kappa shape index (κ3) is 2.69. The Balaban J connectivity index is 1.64. The van der Waals surface area contributed by atoms with Gasteiger partial charge in [0, 0.05) is 30.3 Å². The minimum atomic E-state index is -2.97. The highest BCUT2D eigenvalue weighted by Gasteiger charge is 2.50. The third-order valence-electron chi connectivity index (χ3n) is 4.14. The smallest absolute Gasteiger partial charge is 0.267 e. The zero-order valence-electron chi connectivity index (χ0n) is 12.2. The Bertz CT molecular complexity index is 730. The quantitative estimate of drug-likeness (QED) is 0.869. The molecule has 0 spiro atoms. The highest BCUT2D eigenvalue weighted by Crippen LogP contribution is 2.43. The van der Waals surface area contributed by atoms with E-state index in [0.717, 1.165) is 17.7 Å². The van der Waals surface area contributed by atoms with Gasteiger partial charge in [0.1, 0.15) is 6.04 Å². The van der Waals surface area contributed by atoms with E-state index in [1.54, 1.807) is 0 Å². The van der Waals surface area contributed by atoms with Crippen LogP contribution < -0.4 is 0 Å². The molecule has 4 rings (SSSR count). The Morgan fingerprint density at radius 3 is 2.74 bits per heavy atom. The van der Waals surface area contributed by atoms with Gasteiger partial charge in [-0.1, -0.05) is 5.16 Å². The van der Waals surface area contributed by atoms with E-state index < -0.39 is 30.8 Å². The van der Waals surface area contributed by atoms with E-state index in [2.05, 4.69) is 15.1 Å². The van der Waals surface area contributed by atoms with Gasteiger partial charge < -0.3 is 9.42 Å². The average molecular weight is 320 g/mol. The van der Waals surface area contributed by atoms with Gasteiger partial charge in [-0.2, -0.15) is 4.98 Å². The van der Waals surface area contributed by atoms with E-state index in [-0.39, 0.29) is 11.8 Å². The van der Waals surface area contributed by atoms with Gasteiger partial charge in [0.15, 0.2) is 5.82 Å². The summed E-state index contributed by atoms with van der Waals surface area (Å²) < 4.78 is 32.9. The molecule has 1 aliphatic heterocycles. The summed E-state index contributed by atoms with van der Waals surface area (Å²) in [5.74, 6) is -2.56. The van der Waals surface area contributed by atoms with Crippen molar-refractivity contribution >= 4 is 5.91 Å². The molecule has 6 nitrogen and oxygen atoms in total. The van der Waals surface area contributed by atoms with Crippen LogP contribution in [0, 0.1) is 0 Å². The summed E-state index contributed by atoms with van der Waals surface area (Å²) in [4.78, 5) is 21.7. The molecule has 2 aromatic heterocycles. The molecule has 1 atom stereocenters. The van der Waals surface area contributed by atoms with Crippen LogP contribution >= 0.6 is 0 Å². The molecule has 1 aliphatic carbocycles. The molecule has 2 fully saturated rings. The molecule has 0 N–H and O–H groups in total. The Morgan fingerprint density at radius 2 is 2.04 bits per heavy atom. The molecule has 0 aromatic carbocycles. The number of nitrogens with zero attached hydrogens (tertiary/aromatic N) is 4. The fourth-order valence-corrected chi connectivity index (χ4v) is 2.80. The molecule has 1 saturated carbocycles. The summed E-state index contributed by atoms with van der Waals surface area (Å²) in [5, 5.41) is 3.86. The fraction of sp³-hybridized carbons (Fsp3) is 0.467. The first-order valence-electron chi connectivity index (χ1n) is 7.46. The van der Waals surface area contributed by atoms with Gasteiger partial charge in [-0.25, -0.2) is 8.78 Å². The first-order valence-corrected chi connectivity index (χ1v) is 7.46. The lowest BCUT2D eigenvalue weighted by atomic mass is 10.1. The first-order chi connectivity index (χ1) is 11.0. The standard InChI is InChI=1S/C15H14F2N4O2/c16-15(17)7-11(13-19-12(20-23-13)9-1-2-9)21(8-15)14(22)10-3-5-18-6-4-10/h3-6,9,11H,1-2,7-8H2/t11-/m0/s1. The van der Waals surface area contributed by atoms with Crippen LogP contribution in [0.25, 0.3) is 0 Å². The molecule has 0 unspecified atom stereocenters. The molecule has 23 heavy (non-hydrogen) atoms. The molecular formula is C15H14F2N4O2. The number of hydrogen-bond acceptors (Lipinski definition) is 5. The summed E-state index contributed by atoms with van der Waals surface area (Å²) in [6.45, 7) is -0.653. The molecule has 0 radical (unpaired) electrons. The second-order valence-electron chi connectivity index (χ2n) is 6.01. The van der Waals surface area contributed by atoms with Crippen molar-refractivity contribution in [2.24, 2.45) is 0 Å². The molecule has 3 heterocycles. The summed E-state index contributed by atoms with van der Waals surface area (Å²) in [7, 11) is 0. The molecule has 1 saturated heterocycles. The lowest BCUT2D eigenvalue weighted by Gasteiger charge is -2.21. The van der Waals surface area contributed by atoms with Gasteiger partial charge in [-0.3, -0.25) is 9.78 Å². The molecule has 2 aromatic rings. The average Bonchev–Trinajstić information content (AvgIpc) is 3.18. The lowest BCUT2D eigenvalue weighted by molar-refractivity contribution is 0.0117. The van der Waals surface area contributed by atoms with Crippen LogP contribution in [-0.2, 0) is 0 Å². The Labute approximate surface area is 130 Å². The van der Waals surface area contributed by atoms with Crippen LogP contribution in [0.15, 0.2) is 29.0 Å². The van der Waals surface area contributed by atoms with Crippen LogP contribution in [-0.4, -0.2) is 38.4 Å². The maximum Gasteiger partial charge on any atom is 0.267 e. The Morgan fingerprint density at radius 1 is 1.30 bits per heavy atom. The largest absolute Gasteiger partial charge is 0.337 e. The van der Waals surface area contributed by atoms with Gasteiger partial charge >= 0.3 is 0 Å². The van der Waals surface area contributed by atoms with Gasteiger partial charge in [0.05, 0.1) is 6.54 Å². The second-order valence-corrected chi connectivity index (χ2v) is 6.01. The van der Waals surface area contributed by atoms with Gasteiger partial charge in [-0.05, 0) is 25.0 Å². The van der Waals surface area contributed by atoms with Crippen molar-refractivity contribution in [1.29, 1.82) is 0 Å². The number of rotatable bonds is 3. The molecule has 0 bridgehead atoms. The number of alkyl halides is 2. The number of aromatic nitrogens is 3. The highest BCUT2D eigenvalue weighted by atomic mass is 19.3. The predicted octanol–water partition coefficient (Wildman–Crippen LogP) is 2.56. The first kappa shape index (κ1) is 14.2. The number of amides is 1. The topological polar surface area (TPSA) is 72.1 Å². The van der Waals surface area contributed by atoms with Crippen LogP contribution in [0.2, 0.25) is 0 Å². The van der Waals surface area contributed by atoms with Gasteiger partial charge in [0.25, 0.3) is 11.8 Å². The van der Waals surface area contributed by atoms with Crippen molar-refractivity contribution in [3.8, 4) is 0 Å². The van der Waals surface area contributed by atoms with Gasteiger partial charge in [-0.15, -0.1) is 0 Å². The van der Waals surface area contributed by atoms with Crippen LogP contribution in [0.1, 0.15) is 53.3 Å². The van der Waals surface area contributed by atoms with Crippen molar-refractivity contribution < 1.29 is 18.1 Å². The summed E-state index contributed by atoms with van der Waals surface area (Å²) in [6, 6.07) is 2.10. The minimum absolute atomic E-state index is 0.0893. The van der Waals surface area contributed by atoms with E-state index in [9.17, 15) is 13.6 Å². The zero-order chi connectivity index (χ0) is 16.0. The van der Waals surface area contributed by atoms with Crippen LogP contribution in [0.4, 0.5) is 8.78 Å². The van der Waals surface area contributed by atoms with E-state index >= 15 is 0 Å². The Kier molecular flexibility index (Phi) is 3.14. The summed E-state index contributed by atoms with van der Waals surface area (Å²) >= 11 is 0. The highest BCUT2D eigenvalue weighted by molar-refractivity contribution is 5.94. The number of carbonyl (C=O) groups excluding carboxylic acids is 1. The summed E-state index contributed by atoms with van der Waals surface area (Å²) in [5.41, 5.74) is 0.310. The predicted molar refractivity (Wildman–Crippen MR) is 73.9 cm³/mol. The van der Waals surface area contributed by atoms with E-state index in [1.165, 1.54) is 24.5 Å². The van der Waals surface area contributed by atoms with Crippen molar-refractivity contribution in [2.75, 3.05) is 6.54 Å². The van der Waals surface area contributed by atoms with Gasteiger partial charge in [0.2, 0.25) is 5.89 Å². The third-order valence-corrected chi connectivity index (χ3v) is 4.14. The molecule has 120 valence electrons. The molecular weight excluding hydrogens is 306 g/mol. The van der Waals surface area contributed by atoms with Crippen molar-refractivity contribution in [3.63, 3.8) is 0 Å². The zero-order valence-corrected chi connectivity index (χ0v) is 12.2. The summed E-state index contributed by atoms with van der Waals surface area (Å²) in [6.07, 6.45) is 4.37. The monoisotopic (exact) mass is 320 g/mol. The number of halogens is 2. The number of likely N-dealkylation sites (tertiary alicyclic amines) is 1. The lowest BCUT2D eigenvalue weighted by Crippen LogP contribution is -2.33. The van der Waals surface area contributed by atoms with Crippen LogP contribution in [0.5, 0.6) is 0 Å². The van der Waals surface area contributed by atoms with E-state index in [4.69, 9.17) is 4.52 Å². The Hall–Kier alpha value is -2.38. The van der Waals surface area contributed by atoms with Crippen molar-refractivity contribution in [1.82, 2.24) is 20.0 Å². The normalized spacial score (nSPS) is 23.2. The van der Waals surface area contributed by atoms with Crippen molar-refractivity contribution in [3.05, 3.63) is 41.8 Å². The molecule has 8 heteroatoms. The molecule has 1 amide bonds. The van der Waals surface area contributed by atoms with Crippen LogP contribution in [0.3, 0.4) is 0 Å². The van der Waals surface area contributed by atoms with E-state index in [0.29, 0.717) is 11.4 Å². The number of hydrogen-bond donors (Lipinski definition) is 0. The minimum Gasteiger partial charge on any atom is -0.337 e. The number of carbonyl (C=O) groups is 1. The second kappa shape index (κ2) is 5.07. The van der Waals surface area contributed by atoms with Crippen molar-refractivity contribution in [2.45, 2.75) is 37.1 Å².